The first-order valence-electron chi connectivity index (χ1n) is 9.88. The molecule has 27 heavy (non-hydrogen) atoms. The van der Waals surface area contributed by atoms with Gasteiger partial charge in [-0.15, -0.1) is 0 Å². The molecular weight excluding hydrogens is 344 g/mol. The van der Waals surface area contributed by atoms with Gasteiger partial charge in [0.2, 0.25) is 11.8 Å². The Morgan fingerprint density at radius 1 is 0.889 bits per heavy atom. The molecule has 2 aliphatic rings. The van der Waals surface area contributed by atoms with Gasteiger partial charge < -0.3 is 15.3 Å². The normalized spacial score (nSPS) is 23.6. The van der Waals surface area contributed by atoms with E-state index in [-0.39, 0.29) is 29.6 Å². The molecule has 146 valence electrons. The molecule has 0 atom stereocenters. The molecule has 1 aromatic carbocycles. The number of hydrogen-bond acceptors (Lipinski definition) is 3. The summed E-state index contributed by atoms with van der Waals surface area (Å²) < 4.78 is 0. The van der Waals surface area contributed by atoms with Crippen molar-refractivity contribution in [3.05, 3.63) is 35.9 Å². The summed E-state index contributed by atoms with van der Waals surface area (Å²) in [5, 5.41) is 12.1. The maximum Gasteiger partial charge on any atom is 0.306 e. The van der Waals surface area contributed by atoms with E-state index in [0.29, 0.717) is 58.2 Å². The van der Waals surface area contributed by atoms with Crippen molar-refractivity contribution in [2.45, 2.75) is 45.1 Å². The minimum absolute atomic E-state index is 0.0412. The predicted octanol–water partition coefficient (Wildman–Crippen LogP) is 2.43. The molecule has 3 rings (SSSR count). The van der Waals surface area contributed by atoms with Gasteiger partial charge in [0, 0.05) is 31.5 Å². The van der Waals surface area contributed by atoms with Gasteiger partial charge in [0.25, 0.3) is 0 Å². The van der Waals surface area contributed by atoms with Crippen LogP contribution in [0, 0.1) is 17.8 Å². The second kappa shape index (κ2) is 9.02. The van der Waals surface area contributed by atoms with Crippen molar-refractivity contribution >= 4 is 17.8 Å². The monoisotopic (exact) mass is 372 g/mol. The van der Waals surface area contributed by atoms with E-state index in [1.165, 1.54) is 0 Å². The van der Waals surface area contributed by atoms with E-state index >= 15 is 0 Å². The lowest BCUT2D eigenvalue weighted by molar-refractivity contribution is -0.146. The zero-order chi connectivity index (χ0) is 19.2. The van der Waals surface area contributed by atoms with E-state index in [4.69, 9.17) is 5.11 Å². The van der Waals surface area contributed by atoms with E-state index in [1.54, 1.807) is 0 Å². The number of nitrogens with zero attached hydrogens (tertiary/aromatic N) is 1. The Labute approximate surface area is 159 Å². The number of carbonyl (C=O) groups is 3. The fourth-order valence-electron chi connectivity index (χ4n) is 4.14. The highest BCUT2D eigenvalue weighted by molar-refractivity contribution is 5.81. The molecule has 2 amide bonds. The number of likely N-dealkylation sites (tertiary alicyclic amines) is 1. The van der Waals surface area contributed by atoms with Crippen molar-refractivity contribution in [3.63, 3.8) is 0 Å². The third kappa shape index (κ3) is 5.08. The number of nitrogens with one attached hydrogen (secondary N) is 1. The van der Waals surface area contributed by atoms with Gasteiger partial charge in [0.1, 0.15) is 0 Å². The van der Waals surface area contributed by atoms with E-state index in [9.17, 15) is 14.4 Å². The number of carbonyl (C=O) groups excluding carboxylic acids is 2. The molecule has 1 aliphatic heterocycles. The van der Waals surface area contributed by atoms with Crippen LogP contribution in [-0.2, 0) is 20.9 Å². The zero-order valence-corrected chi connectivity index (χ0v) is 15.6. The van der Waals surface area contributed by atoms with Crippen molar-refractivity contribution in [2.75, 3.05) is 13.1 Å². The number of rotatable bonds is 5. The minimum atomic E-state index is -0.747. The molecule has 0 unspecified atom stereocenters. The molecule has 1 aliphatic carbocycles. The molecular formula is C21H28N2O4. The van der Waals surface area contributed by atoms with Gasteiger partial charge in [0.15, 0.2) is 0 Å². The van der Waals surface area contributed by atoms with Crippen LogP contribution in [-0.4, -0.2) is 40.9 Å². The molecule has 0 spiro atoms. The van der Waals surface area contributed by atoms with Gasteiger partial charge in [-0.05, 0) is 44.1 Å². The maximum absolute atomic E-state index is 12.7. The highest BCUT2D eigenvalue weighted by Crippen LogP contribution is 2.31. The number of amides is 2. The largest absolute Gasteiger partial charge is 0.481 e. The SMILES string of the molecule is O=C(O)C1CCC(C(=O)N2CCC(C(=O)NCc3ccccc3)CC2)CC1. The summed E-state index contributed by atoms with van der Waals surface area (Å²) in [6, 6.07) is 9.83. The minimum Gasteiger partial charge on any atom is -0.481 e. The van der Waals surface area contributed by atoms with Gasteiger partial charge in [-0.25, -0.2) is 0 Å². The van der Waals surface area contributed by atoms with Crippen LogP contribution in [0.4, 0.5) is 0 Å². The molecule has 0 bridgehead atoms. The summed E-state index contributed by atoms with van der Waals surface area (Å²) in [4.78, 5) is 38.0. The van der Waals surface area contributed by atoms with Gasteiger partial charge in [0.05, 0.1) is 5.92 Å². The summed E-state index contributed by atoms with van der Waals surface area (Å²) >= 11 is 0. The maximum atomic E-state index is 12.7. The number of benzene rings is 1. The van der Waals surface area contributed by atoms with Crippen LogP contribution in [0.3, 0.4) is 0 Å². The molecule has 1 saturated carbocycles. The summed E-state index contributed by atoms with van der Waals surface area (Å²) in [5.41, 5.74) is 1.08. The van der Waals surface area contributed by atoms with Crippen molar-refractivity contribution < 1.29 is 19.5 Å². The number of hydrogen-bond donors (Lipinski definition) is 2. The molecule has 0 radical (unpaired) electrons. The second-order valence-electron chi connectivity index (χ2n) is 7.69. The Morgan fingerprint density at radius 3 is 2.07 bits per heavy atom. The fraction of sp³-hybridized carbons (Fsp3) is 0.571. The number of aliphatic carboxylic acids is 1. The van der Waals surface area contributed by atoms with Crippen molar-refractivity contribution in [1.82, 2.24) is 10.2 Å². The first-order chi connectivity index (χ1) is 13.0. The van der Waals surface area contributed by atoms with Gasteiger partial charge in [-0.2, -0.15) is 0 Å². The van der Waals surface area contributed by atoms with Crippen LogP contribution in [0.5, 0.6) is 0 Å². The van der Waals surface area contributed by atoms with Crippen LogP contribution in [0.2, 0.25) is 0 Å². The molecule has 0 aromatic heterocycles. The topological polar surface area (TPSA) is 86.7 Å². The Morgan fingerprint density at radius 2 is 1.48 bits per heavy atom. The van der Waals surface area contributed by atoms with Crippen LogP contribution >= 0.6 is 0 Å². The van der Waals surface area contributed by atoms with Crippen LogP contribution in [0.25, 0.3) is 0 Å². The molecule has 2 fully saturated rings. The van der Waals surface area contributed by atoms with E-state index in [0.717, 1.165) is 5.56 Å². The van der Waals surface area contributed by atoms with Gasteiger partial charge in [-0.3, -0.25) is 14.4 Å². The van der Waals surface area contributed by atoms with Gasteiger partial charge in [-0.1, -0.05) is 30.3 Å². The molecule has 6 heteroatoms. The Kier molecular flexibility index (Phi) is 6.48. The lowest BCUT2D eigenvalue weighted by Crippen LogP contribution is -2.45. The highest BCUT2D eigenvalue weighted by Gasteiger charge is 2.34. The lowest BCUT2D eigenvalue weighted by atomic mass is 9.81. The zero-order valence-electron chi connectivity index (χ0n) is 15.6. The summed E-state index contributed by atoms with van der Waals surface area (Å²) in [6.07, 6.45) is 3.88. The quantitative estimate of drug-likeness (QED) is 0.831. The lowest BCUT2D eigenvalue weighted by Gasteiger charge is -2.35. The first-order valence-corrected chi connectivity index (χ1v) is 9.88. The van der Waals surface area contributed by atoms with Crippen LogP contribution < -0.4 is 5.32 Å². The number of carboxylic acid groups (broad SMARTS) is 1. The third-order valence-electron chi connectivity index (χ3n) is 5.91. The van der Waals surface area contributed by atoms with Gasteiger partial charge >= 0.3 is 5.97 Å². The van der Waals surface area contributed by atoms with E-state index in [1.807, 2.05) is 35.2 Å². The van der Waals surface area contributed by atoms with Crippen molar-refractivity contribution in [3.8, 4) is 0 Å². The second-order valence-corrected chi connectivity index (χ2v) is 7.69. The summed E-state index contributed by atoms with van der Waals surface area (Å²) in [5.74, 6) is -0.934. The number of piperidine rings is 1. The number of carboxylic acids is 1. The predicted molar refractivity (Wildman–Crippen MR) is 101 cm³/mol. The fourth-order valence-corrected chi connectivity index (χ4v) is 4.14. The van der Waals surface area contributed by atoms with Crippen LogP contribution in [0.15, 0.2) is 30.3 Å². The Bertz CT molecular complexity index is 660. The molecule has 6 nitrogen and oxygen atoms in total. The van der Waals surface area contributed by atoms with E-state index in [2.05, 4.69) is 5.32 Å². The summed E-state index contributed by atoms with van der Waals surface area (Å²) in [7, 11) is 0. The molecule has 2 N–H and O–H groups in total. The Balaban J connectivity index is 1.41. The smallest absolute Gasteiger partial charge is 0.306 e. The highest BCUT2D eigenvalue weighted by atomic mass is 16.4. The average molecular weight is 372 g/mol. The Hall–Kier alpha value is -2.37. The van der Waals surface area contributed by atoms with Crippen LogP contribution in [0.1, 0.15) is 44.1 Å². The third-order valence-corrected chi connectivity index (χ3v) is 5.91. The average Bonchev–Trinajstić information content (AvgIpc) is 2.72. The van der Waals surface area contributed by atoms with Crippen molar-refractivity contribution in [1.29, 1.82) is 0 Å². The molecule has 1 aromatic rings. The first kappa shape index (κ1) is 19.4. The molecule has 1 saturated heterocycles. The van der Waals surface area contributed by atoms with Crippen molar-refractivity contribution in [2.24, 2.45) is 17.8 Å². The standard InChI is InChI=1S/C21H28N2O4/c24-19(22-14-15-4-2-1-3-5-15)16-10-12-23(13-11-16)20(25)17-6-8-18(9-7-17)21(26)27/h1-5,16-18H,6-14H2,(H,22,24)(H,26,27). The molecule has 1 heterocycles. The summed E-state index contributed by atoms with van der Waals surface area (Å²) in [6.45, 7) is 1.76. The van der Waals surface area contributed by atoms with E-state index < -0.39 is 5.97 Å².